The van der Waals surface area contributed by atoms with Crippen molar-refractivity contribution < 1.29 is 4.79 Å². The van der Waals surface area contributed by atoms with Crippen LogP contribution in [0.5, 0.6) is 0 Å². The number of carbonyl (C=O) groups excluding carboxylic acids is 1. The highest BCUT2D eigenvalue weighted by molar-refractivity contribution is 6.31. The van der Waals surface area contributed by atoms with E-state index in [2.05, 4.69) is 15.3 Å². The number of carbonyl (C=O) groups is 1. The van der Waals surface area contributed by atoms with Crippen LogP contribution >= 0.6 is 11.6 Å². The molecule has 0 aliphatic carbocycles. The van der Waals surface area contributed by atoms with Crippen molar-refractivity contribution in [3.05, 3.63) is 77.1 Å². The predicted octanol–water partition coefficient (Wildman–Crippen LogP) is 4.85. The SMILES string of the molecule is CCN(c1ccccc1)c1ncc(C(=O)Nc2cc(Cl)ccc2C)cn1. The number of benzene rings is 2. The van der Waals surface area contributed by atoms with Gasteiger partial charge in [0, 0.05) is 35.3 Å². The highest BCUT2D eigenvalue weighted by atomic mass is 35.5. The van der Waals surface area contributed by atoms with Gasteiger partial charge in [-0.15, -0.1) is 0 Å². The first kappa shape index (κ1) is 17.9. The summed E-state index contributed by atoms with van der Waals surface area (Å²) < 4.78 is 0. The second kappa shape index (κ2) is 7.97. The molecule has 0 fully saturated rings. The van der Waals surface area contributed by atoms with Crippen molar-refractivity contribution in [3.63, 3.8) is 0 Å². The first-order chi connectivity index (χ1) is 12.6. The van der Waals surface area contributed by atoms with Crippen molar-refractivity contribution in [3.8, 4) is 0 Å². The second-order valence-electron chi connectivity index (χ2n) is 5.76. The molecule has 0 bridgehead atoms. The van der Waals surface area contributed by atoms with Crippen molar-refractivity contribution in [2.45, 2.75) is 13.8 Å². The summed E-state index contributed by atoms with van der Waals surface area (Å²) in [5.74, 6) is 0.277. The van der Waals surface area contributed by atoms with Gasteiger partial charge >= 0.3 is 0 Å². The maximum absolute atomic E-state index is 12.5. The van der Waals surface area contributed by atoms with Gasteiger partial charge < -0.3 is 10.2 Å². The van der Waals surface area contributed by atoms with Gasteiger partial charge in [0.2, 0.25) is 5.95 Å². The van der Waals surface area contributed by atoms with Crippen LogP contribution in [0.2, 0.25) is 5.02 Å². The van der Waals surface area contributed by atoms with Crippen LogP contribution in [0.4, 0.5) is 17.3 Å². The number of nitrogens with zero attached hydrogens (tertiary/aromatic N) is 3. The fourth-order valence-corrected chi connectivity index (χ4v) is 2.72. The Hall–Kier alpha value is -2.92. The maximum Gasteiger partial charge on any atom is 0.258 e. The molecule has 0 saturated heterocycles. The van der Waals surface area contributed by atoms with Crippen LogP contribution in [0.15, 0.2) is 60.9 Å². The first-order valence-corrected chi connectivity index (χ1v) is 8.68. The van der Waals surface area contributed by atoms with Gasteiger partial charge in [-0.2, -0.15) is 0 Å². The Balaban J connectivity index is 1.78. The number of rotatable bonds is 5. The molecule has 2 aromatic carbocycles. The molecular weight excluding hydrogens is 348 g/mol. The summed E-state index contributed by atoms with van der Waals surface area (Å²) in [6.45, 7) is 4.65. The van der Waals surface area contributed by atoms with Gasteiger partial charge in [-0.1, -0.05) is 35.9 Å². The van der Waals surface area contributed by atoms with Crippen molar-refractivity contribution in [2.24, 2.45) is 0 Å². The van der Waals surface area contributed by atoms with Crippen LogP contribution < -0.4 is 10.2 Å². The Kier molecular flexibility index (Phi) is 5.49. The summed E-state index contributed by atoms with van der Waals surface area (Å²) in [4.78, 5) is 23.1. The highest BCUT2D eigenvalue weighted by Gasteiger charge is 2.13. The molecular formula is C20H19ClN4O. The maximum atomic E-state index is 12.5. The molecule has 0 spiro atoms. The summed E-state index contributed by atoms with van der Waals surface area (Å²) in [6, 6.07) is 15.2. The quantitative estimate of drug-likeness (QED) is 0.701. The lowest BCUT2D eigenvalue weighted by atomic mass is 10.2. The fraction of sp³-hybridized carbons (Fsp3) is 0.150. The number of para-hydroxylation sites is 1. The van der Waals surface area contributed by atoms with Crippen LogP contribution in [-0.2, 0) is 0 Å². The van der Waals surface area contributed by atoms with Crippen LogP contribution in [-0.4, -0.2) is 22.4 Å². The summed E-state index contributed by atoms with van der Waals surface area (Å²) in [7, 11) is 0. The van der Waals surface area contributed by atoms with E-state index in [0.717, 1.165) is 17.8 Å². The van der Waals surface area contributed by atoms with Gasteiger partial charge in [0.15, 0.2) is 0 Å². The summed E-state index contributed by atoms with van der Waals surface area (Å²) in [6.07, 6.45) is 3.06. The van der Waals surface area contributed by atoms with E-state index >= 15 is 0 Å². The standard InChI is InChI=1S/C20H19ClN4O/c1-3-25(17-7-5-4-6-8-17)20-22-12-15(13-23-20)19(26)24-18-11-16(21)10-9-14(18)2/h4-13H,3H2,1-2H3,(H,24,26). The zero-order valence-electron chi connectivity index (χ0n) is 14.6. The molecule has 5 nitrogen and oxygen atoms in total. The minimum Gasteiger partial charge on any atom is -0.322 e. The van der Waals surface area contributed by atoms with Crippen LogP contribution in [0, 0.1) is 6.92 Å². The number of amides is 1. The van der Waals surface area contributed by atoms with Crippen LogP contribution in [0.1, 0.15) is 22.8 Å². The smallest absolute Gasteiger partial charge is 0.258 e. The Labute approximate surface area is 157 Å². The molecule has 3 rings (SSSR count). The number of aromatic nitrogens is 2. The third kappa shape index (κ3) is 4.00. The zero-order valence-corrected chi connectivity index (χ0v) is 15.4. The highest BCUT2D eigenvalue weighted by Crippen LogP contribution is 2.22. The topological polar surface area (TPSA) is 58.1 Å². The van der Waals surface area contributed by atoms with E-state index in [9.17, 15) is 4.79 Å². The molecule has 0 atom stereocenters. The summed E-state index contributed by atoms with van der Waals surface area (Å²) in [5.41, 5.74) is 2.99. The molecule has 0 aliphatic heterocycles. The van der Waals surface area contributed by atoms with Crippen molar-refractivity contribution in [1.82, 2.24) is 9.97 Å². The third-order valence-corrected chi connectivity index (χ3v) is 4.21. The van der Waals surface area contributed by atoms with Gasteiger partial charge in [0.25, 0.3) is 5.91 Å². The average molecular weight is 367 g/mol. The molecule has 1 N–H and O–H groups in total. The average Bonchev–Trinajstić information content (AvgIpc) is 2.67. The monoisotopic (exact) mass is 366 g/mol. The second-order valence-corrected chi connectivity index (χ2v) is 6.20. The molecule has 132 valence electrons. The van der Waals surface area contributed by atoms with Crippen LogP contribution in [0.3, 0.4) is 0 Å². The predicted molar refractivity (Wildman–Crippen MR) is 105 cm³/mol. The van der Waals surface area contributed by atoms with E-state index < -0.39 is 0 Å². The number of halogens is 1. The number of aryl methyl sites for hydroxylation is 1. The molecule has 0 aliphatic rings. The molecule has 0 radical (unpaired) electrons. The molecule has 1 aromatic heterocycles. The largest absolute Gasteiger partial charge is 0.322 e. The normalized spacial score (nSPS) is 10.4. The third-order valence-electron chi connectivity index (χ3n) is 3.97. The number of hydrogen-bond acceptors (Lipinski definition) is 4. The summed E-state index contributed by atoms with van der Waals surface area (Å²) in [5, 5.41) is 3.41. The van der Waals surface area contributed by atoms with E-state index in [0.29, 0.717) is 22.2 Å². The molecule has 3 aromatic rings. The number of hydrogen-bond donors (Lipinski definition) is 1. The minimum atomic E-state index is -0.273. The van der Waals surface area contributed by atoms with Gasteiger partial charge in [0.05, 0.1) is 5.56 Å². The number of nitrogens with one attached hydrogen (secondary N) is 1. The Morgan fingerprint density at radius 1 is 1.12 bits per heavy atom. The lowest BCUT2D eigenvalue weighted by Gasteiger charge is -2.20. The van der Waals surface area contributed by atoms with Crippen LogP contribution in [0.25, 0.3) is 0 Å². The zero-order chi connectivity index (χ0) is 18.5. The molecule has 0 saturated carbocycles. The van der Waals surface area contributed by atoms with Crippen molar-refractivity contribution in [1.29, 1.82) is 0 Å². The Bertz CT molecular complexity index is 897. The fourth-order valence-electron chi connectivity index (χ4n) is 2.55. The van der Waals surface area contributed by atoms with E-state index in [1.54, 1.807) is 12.1 Å². The van der Waals surface area contributed by atoms with Gasteiger partial charge in [-0.25, -0.2) is 9.97 Å². The van der Waals surface area contributed by atoms with E-state index in [1.807, 2.05) is 55.1 Å². The first-order valence-electron chi connectivity index (χ1n) is 8.30. The molecule has 6 heteroatoms. The van der Waals surface area contributed by atoms with Gasteiger partial charge in [-0.05, 0) is 43.7 Å². The van der Waals surface area contributed by atoms with Crippen molar-refractivity contribution in [2.75, 3.05) is 16.8 Å². The molecule has 1 amide bonds. The molecule has 1 heterocycles. The Morgan fingerprint density at radius 2 is 1.81 bits per heavy atom. The van der Waals surface area contributed by atoms with Crippen molar-refractivity contribution >= 4 is 34.8 Å². The lowest BCUT2D eigenvalue weighted by molar-refractivity contribution is 0.102. The Morgan fingerprint density at radius 3 is 2.46 bits per heavy atom. The number of anilines is 3. The lowest BCUT2D eigenvalue weighted by Crippen LogP contribution is -2.20. The molecule has 0 unspecified atom stereocenters. The van der Waals surface area contributed by atoms with E-state index in [1.165, 1.54) is 12.4 Å². The molecule has 26 heavy (non-hydrogen) atoms. The summed E-state index contributed by atoms with van der Waals surface area (Å²) >= 11 is 5.99. The van der Waals surface area contributed by atoms with Gasteiger partial charge in [0.1, 0.15) is 0 Å². The van der Waals surface area contributed by atoms with E-state index in [-0.39, 0.29) is 5.91 Å². The van der Waals surface area contributed by atoms with E-state index in [4.69, 9.17) is 11.6 Å². The minimum absolute atomic E-state index is 0.273. The van der Waals surface area contributed by atoms with Gasteiger partial charge in [-0.3, -0.25) is 4.79 Å².